The maximum absolute atomic E-state index is 5.56. The Morgan fingerprint density at radius 1 is 1.04 bits per heavy atom. The van der Waals surface area contributed by atoms with Crippen molar-refractivity contribution in [2.24, 2.45) is 0 Å². The molecule has 136 valence electrons. The van der Waals surface area contributed by atoms with E-state index in [-0.39, 0.29) is 5.95 Å². The molecule has 4 heterocycles. The number of likely N-dealkylation sites (N-methyl/N-ethyl adjacent to an activating group) is 1. The average Bonchev–Trinajstić information content (AvgIpc) is 3.07. The molecule has 1 aliphatic heterocycles. The van der Waals surface area contributed by atoms with E-state index in [1.54, 1.807) is 23.1 Å². The first-order valence-corrected chi connectivity index (χ1v) is 8.76. The third kappa shape index (κ3) is 3.58. The van der Waals surface area contributed by atoms with E-state index in [9.17, 15) is 0 Å². The van der Waals surface area contributed by atoms with E-state index in [0.29, 0.717) is 0 Å². The zero-order valence-corrected chi connectivity index (χ0v) is 14.8. The lowest BCUT2D eigenvalue weighted by atomic mass is 10.3. The van der Waals surface area contributed by atoms with Gasteiger partial charge in [-0.3, -0.25) is 4.90 Å². The van der Waals surface area contributed by atoms with Crippen LogP contribution in [0.5, 0.6) is 0 Å². The number of imidazole rings is 1. The van der Waals surface area contributed by atoms with Crippen molar-refractivity contribution in [3.8, 4) is 11.3 Å². The normalized spacial score (nSPS) is 16.2. The molecule has 3 N–H and O–H groups in total. The van der Waals surface area contributed by atoms with Crippen LogP contribution in [-0.4, -0.2) is 80.7 Å². The fourth-order valence-corrected chi connectivity index (χ4v) is 3.05. The van der Waals surface area contributed by atoms with Crippen molar-refractivity contribution in [3.63, 3.8) is 0 Å². The molecule has 9 heteroatoms. The molecule has 3 aromatic rings. The molecule has 9 nitrogen and oxygen atoms in total. The molecule has 0 atom stereocenters. The van der Waals surface area contributed by atoms with Crippen LogP contribution in [0.4, 0.5) is 11.8 Å². The summed E-state index contributed by atoms with van der Waals surface area (Å²) in [6, 6.07) is 3.91. The number of hydrogen-bond donors (Lipinski definition) is 2. The average molecular weight is 353 g/mol. The summed E-state index contributed by atoms with van der Waals surface area (Å²) < 4.78 is 1.80. The van der Waals surface area contributed by atoms with Gasteiger partial charge in [0.25, 0.3) is 0 Å². The molecule has 0 radical (unpaired) electrons. The van der Waals surface area contributed by atoms with Gasteiger partial charge in [-0.2, -0.15) is 0 Å². The van der Waals surface area contributed by atoms with Crippen molar-refractivity contribution < 1.29 is 0 Å². The SMILES string of the molecule is CN1CCN(CCNc2ccc3ncc(-c4cnc(N)nc4)n3n2)CC1. The smallest absolute Gasteiger partial charge is 0.219 e. The molecule has 1 fully saturated rings. The van der Waals surface area contributed by atoms with Gasteiger partial charge in [0.1, 0.15) is 5.82 Å². The second-order valence-electron chi connectivity index (χ2n) is 6.53. The molecule has 0 aliphatic carbocycles. The van der Waals surface area contributed by atoms with Crippen molar-refractivity contribution >= 4 is 17.4 Å². The van der Waals surface area contributed by atoms with E-state index < -0.39 is 0 Å². The Bertz CT molecular complexity index is 866. The Morgan fingerprint density at radius 3 is 2.58 bits per heavy atom. The van der Waals surface area contributed by atoms with Gasteiger partial charge in [0, 0.05) is 57.2 Å². The van der Waals surface area contributed by atoms with E-state index in [2.05, 4.69) is 42.2 Å². The van der Waals surface area contributed by atoms with Crippen LogP contribution >= 0.6 is 0 Å². The van der Waals surface area contributed by atoms with Crippen LogP contribution < -0.4 is 11.1 Å². The maximum Gasteiger partial charge on any atom is 0.219 e. The lowest BCUT2D eigenvalue weighted by Gasteiger charge is -2.32. The summed E-state index contributed by atoms with van der Waals surface area (Å²) in [4.78, 5) is 17.3. The number of nitrogen functional groups attached to an aromatic ring is 1. The van der Waals surface area contributed by atoms with Gasteiger partial charge in [0.2, 0.25) is 5.95 Å². The first-order valence-electron chi connectivity index (χ1n) is 8.76. The fourth-order valence-electron chi connectivity index (χ4n) is 3.05. The zero-order valence-electron chi connectivity index (χ0n) is 14.8. The van der Waals surface area contributed by atoms with Gasteiger partial charge in [-0.1, -0.05) is 0 Å². The summed E-state index contributed by atoms with van der Waals surface area (Å²) in [5.41, 5.74) is 8.01. The summed E-state index contributed by atoms with van der Waals surface area (Å²) in [5, 5.41) is 8.06. The van der Waals surface area contributed by atoms with Crippen molar-refractivity contribution in [1.82, 2.24) is 34.4 Å². The van der Waals surface area contributed by atoms with Crippen molar-refractivity contribution in [3.05, 3.63) is 30.7 Å². The summed E-state index contributed by atoms with van der Waals surface area (Å²) in [6.45, 7) is 6.37. The molecule has 0 bridgehead atoms. The van der Waals surface area contributed by atoms with Crippen LogP contribution in [0.2, 0.25) is 0 Å². The molecule has 0 aromatic carbocycles. The largest absolute Gasteiger partial charge is 0.368 e. The van der Waals surface area contributed by atoms with Crippen LogP contribution in [0.25, 0.3) is 16.9 Å². The molecule has 26 heavy (non-hydrogen) atoms. The molecule has 4 rings (SSSR count). The number of rotatable bonds is 5. The Balaban J connectivity index is 1.45. The molecular formula is C17H23N9. The predicted molar refractivity (Wildman–Crippen MR) is 101 cm³/mol. The van der Waals surface area contributed by atoms with Crippen molar-refractivity contribution in [1.29, 1.82) is 0 Å². The highest BCUT2D eigenvalue weighted by Gasteiger charge is 2.13. The summed E-state index contributed by atoms with van der Waals surface area (Å²) in [5.74, 6) is 1.07. The number of fused-ring (bicyclic) bond motifs is 1. The molecular weight excluding hydrogens is 330 g/mol. The summed E-state index contributed by atoms with van der Waals surface area (Å²) in [6.07, 6.45) is 5.13. The molecule has 1 aliphatic rings. The quantitative estimate of drug-likeness (QED) is 0.681. The van der Waals surface area contributed by atoms with E-state index in [1.807, 2.05) is 12.1 Å². The Labute approximate surface area is 151 Å². The van der Waals surface area contributed by atoms with Crippen LogP contribution in [0, 0.1) is 0 Å². The van der Waals surface area contributed by atoms with Crippen molar-refractivity contribution in [2.45, 2.75) is 0 Å². The number of nitrogens with zero attached hydrogens (tertiary/aromatic N) is 7. The third-order valence-electron chi connectivity index (χ3n) is 4.66. The van der Waals surface area contributed by atoms with Gasteiger partial charge in [-0.15, -0.1) is 5.10 Å². The highest BCUT2D eigenvalue weighted by Crippen LogP contribution is 2.19. The van der Waals surface area contributed by atoms with E-state index in [1.165, 1.54) is 0 Å². The first kappa shape index (κ1) is 16.7. The highest BCUT2D eigenvalue weighted by molar-refractivity contribution is 5.62. The van der Waals surface area contributed by atoms with Gasteiger partial charge >= 0.3 is 0 Å². The summed E-state index contributed by atoms with van der Waals surface area (Å²) >= 11 is 0. The van der Waals surface area contributed by atoms with Crippen LogP contribution in [0.1, 0.15) is 0 Å². The number of nitrogens with two attached hydrogens (primary N) is 1. The standard InChI is InChI=1S/C17H23N9/c1-24-6-8-25(9-7-24)5-4-19-15-2-3-16-20-12-14(26(16)23-15)13-10-21-17(18)22-11-13/h2-3,10-12H,4-9H2,1H3,(H,19,23)(H2,18,21,22). The maximum atomic E-state index is 5.56. The number of hydrogen-bond acceptors (Lipinski definition) is 8. The second-order valence-corrected chi connectivity index (χ2v) is 6.53. The summed E-state index contributed by atoms with van der Waals surface area (Å²) in [7, 11) is 2.17. The minimum Gasteiger partial charge on any atom is -0.368 e. The van der Waals surface area contributed by atoms with Gasteiger partial charge < -0.3 is 16.0 Å². The Kier molecular flexibility index (Phi) is 4.63. The fraction of sp³-hybridized carbons (Fsp3) is 0.412. The van der Waals surface area contributed by atoms with Gasteiger partial charge in [-0.25, -0.2) is 19.5 Å². The van der Waals surface area contributed by atoms with Gasteiger partial charge in [0.05, 0.1) is 11.9 Å². The molecule has 1 saturated heterocycles. The Hall–Kier alpha value is -2.78. The number of aromatic nitrogens is 5. The minimum atomic E-state index is 0.252. The molecule has 0 spiro atoms. The zero-order chi connectivity index (χ0) is 17.9. The number of anilines is 2. The topological polar surface area (TPSA) is 100 Å². The van der Waals surface area contributed by atoms with Crippen LogP contribution in [-0.2, 0) is 0 Å². The first-order chi connectivity index (χ1) is 12.7. The van der Waals surface area contributed by atoms with E-state index >= 15 is 0 Å². The predicted octanol–water partition coefficient (Wildman–Crippen LogP) is 0.428. The lowest BCUT2D eigenvalue weighted by molar-refractivity contribution is 0.158. The number of piperazine rings is 1. The minimum absolute atomic E-state index is 0.252. The monoisotopic (exact) mass is 353 g/mol. The molecule has 0 amide bonds. The van der Waals surface area contributed by atoms with E-state index in [0.717, 1.165) is 62.0 Å². The van der Waals surface area contributed by atoms with Gasteiger partial charge in [0.15, 0.2) is 5.65 Å². The highest BCUT2D eigenvalue weighted by atomic mass is 15.3. The lowest BCUT2D eigenvalue weighted by Crippen LogP contribution is -2.45. The molecule has 0 unspecified atom stereocenters. The Morgan fingerprint density at radius 2 is 1.81 bits per heavy atom. The number of nitrogens with one attached hydrogen (secondary N) is 1. The molecule has 3 aromatic heterocycles. The van der Waals surface area contributed by atoms with Crippen LogP contribution in [0.3, 0.4) is 0 Å². The van der Waals surface area contributed by atoms with Crippen LogP contribution in [0.15, 0.2) is 30.7 Å². The second kappa shape index (κ2) is 7.22. The van der Waals surface area contributed by atoms with Crippen molar-refractivity contribution in [2.75, 3.05) is 57.4 Å². The van der Waals surface area contributed by atoms with Gasteiger partial charge in [-0.05, 0) is 19.2 Å². The molecule has 0 saturated carbocycles. The third-order valence-corrected chi connectivity index (χ3v) is 4.66. The van der Waals surface area contributed by atoms with E-state index in [4.69, 9.17) is 5.73 Å².